The fourth-order valence-electron chi connectivity index (χ4n) is 3.50. The molecule has 1 aliphatic heterocycles. The summed E-state index contributed by atoms with van der Waals surface area (Å²) in [6.45, 7) is 0.630. The molecule has 0 amide bonds. The van der Waals surface area contributed by atoms with Crippen molar-refractivity contribution in [2.75, 3.05) is 0 Å². The van der Waals surface area contributed by atoms with Crippen LogP contribution in [0.4, 0.5) is 0 Å². The van der Waals surface area contributed by atoms with Crippen LogP contribution in [-0.4, -0.2) is 9.55 Å². The summed E-state index contributed by atoms with van der Waals surface area (Å²) in [4.78, 5) is 19.7. The molecular weight excluding hydrogens is 411 g/mol. The van der Waals surface area contributed by atoms with Gasteiger partial charge < -0.3 is 0 Å². The first-order valence-electron chi connectivity index (χ1n) is 8.86. The Labute approximate surface area is 175 Å². The Balaban J connectivity index is 1.65. The number of rotatable bonds is 2. The van der Waals surface area contributed by atoms with Gasteiger partial charge in [-0.15, -0.1) is 11.3 Å². The largest absolute Gasteiger partial charge is 0.292 e. The van der Waals surface area contributed by atoms with E-state index in [4.69, 9.17) is 28.2 Å². The van der Waals surface area contributed by atoms with Crippen LogP contribution >= 0.6 is 34.5 Å². The average molecular weight is 425 g/mol. The third-order valence-electron chi connectivity index (χ3n) is 4.89. The maximum atomic E-state index is 13.0. The molecule has 0 fully saturated rings. The lowest BCUT2D eigenvalue weighted by atomic mass is 10.1. The molecule has 5 rings (SSSR count). The van der Waals surface area contributed by atoms with Gasteiger partial charge in [-0.1, -0.05) is 59.6 Å². The number of aromatic nitrogens is 2. The van der Waals surface area contributed by atoms with Gasteiger partial charge in [0.05, 0.1) is 5.39 Å². The first-order chi connectivity index (χ1) is 13.6. The van der Waals surface area contributed by atoms with E-state index < -0.39 is 0 Å². The van der Waals surface area contributed by atoms with Gasteiger partial charge in [0.25, 0.3) is 5.56 Å². The minimum absolute atomic E-state index is 0.0176. The minimum Gasteiger partial charge on any atom is -0.292 e. The van der Waals surface area contributed by atoms with Gasteiger partial charge in [0, 0.05) is 21.5 Å². The number of nitrogens with zero attached hydrogens (tertiary/aromatic N) is 2. The predicted octanol–water partition coefficient (Wildman–Crippen LogP) is 6.38. The maximum absolute atomic E-state index is 13.0. The van der Waals surface area contributed by atoms with E-state index in [1.165, 1.54) is 0 Å². The SMILES string of the molecule is O=c1c2cc(-c3ccccc3)sc2nc2n1CCC2=Cc1ccc(Cl)cc1Cl. The summed E-state index contributed by atoms with van der Waals surface area (Å²) in [5, 5.41) is 1.87. The molecule has 4 aromatic rings. The number of allylic oxidation sites excluding steroid dienone is 1. The quantitative estimate of drug-likeness (QED) is 0.374. The normalized spacial score (nSPS) is 14.7. The van der Waals surface area contributed by atoms with Crippen LogP contribution in [0.25, 0.3) is 32.3 Å². The molecule has 2 aromatic heterocycles. The molecule has 28 heavy (non-hydrogen) atoms. The molecule has 0 spiro atoms. The van der Waals surface area contributed by atoms with Gasteiger partial charge in [-0.2, -0.15) is 0 Å². The number of fused-ring (bicyclic) bond motifs is 2. The lowest BCUT2D eigenvalue weighted by molar-refractivity contribution is 0.726. The van der Waals surface area contributed by atoms with Crippen molar-refractivity contribution in [3.63, 3.8) is 0 Å². The van der Waals surface area contributed by atoms with Crippen molar-refractivity contribution in [3.8, 4) is 10.4 Å². The molecule has 6 heteroatoms. The van der Waals surface area contributed by atoms with Crippen LogP contribution < -0.4 is 5.56 Å². The van der Waals surface area contributed by atoms with Crippen molar-refractivity contribution in [2.45, 2.75) is 13.0 Å². The summed E-state index contributed by atoms with van der Waals surface area (Å²) in [7, 11) is 0. The highest BCUT2D eigenvalue weighted by Gasteiger charge is 2.22. The standard InChI is InChI=1S/C22H14Cl2N2OS/c23-16-7-6-14(18(24)11-16)10-15-8-9-26-20(15)25-21-17(22(26)27)12-19(28-21)13-4-2-1-3-5-13/h1-7,10-12H,8-9H2. The van der Waals surface area contributed by atoms with Gasteiger partial charge >= 0.3 is 0 Å². The van der Waals surface area contributed by atoms with Gasteiger partial charge in [-0.3, -0.25) is 9.36 Å². The lowest BCUT2D eigenvalue weighted by Crippen LogP contribution is -2.19. The summed E-state index contributed by atoms with van der Waals surface area (Å²) in [5.74, 6) is 0.727. The smallest absolute Gasteiger partial charge is 0.262 e. The Morgan fingerprint density at radius 2 is 1.89 bits per heavy atom. The van der Waals surface area contributed by atoms with Crippen molar-refractivity contribution < 1.29 is 0 Å². The zero-order valence-electron chi connectivity index (χ0n) is 14.7. The molecule has 0 unspecified atom stereocenters. The molecule has 3 heterocycles. The van der Waals surface area contributed by atoms with Crippen molar-refractivity contribution in [3.05, 3.63) is 86.4 Å². The van der Waals surface area contributed by atoms with Gasteiger partial charge in [-0.05, 0) is 47.4 Å². The van der Waals surface area contributed by atoms with Gasteiger partial charge in [0.1, 0.15) is 10.7 Å². The Hall–Kier alpha value is -2.40. The molecule has 0 saturated carbocycles. The second-order valence-electron chi connectivity index (χ2n) is 6.67. The summed E-state index contributed by atoms with van der Waals surface area (Å²) in [6.07, 6.45) is 2.76. The summed E-state index contributed by atoms with van der Waals surface area (Å²) >= 11 is 13.9. The van der Waals surface area contributed by atoms with E-state index in [1.54, 1.807) is 22.0 Å². The van der Waals surface area contributed by atoms with E-state index in [0.29, 0.717) is 22.0 Å². The molecule has 138 valence electrons. The Kier molecular flexibility index (Phi) is 4.35. The molecule has 0 atom stereocenters. The van der Waals surface area contributed by atoms with Crippen LogP contribution in [0.3, 0.4) is 0 Å². The van der Waals surface area contributed by atoms with Crippen LogP contribution in [0.5, 0.6) is 0 Å². The molecule has 0 saturated heterocycles. The molecule has 0 radical (unpaired) electrons. The van der Waals surface area contributed by atoms with Crippen LogP contribution in [0.2, 0.25) is 10.0 Å². The highest BCUT2D eigenvalue weighted by molar-refractivity contribution is 7.21. The molecule has 1 aliphatic rings. The fourth-order valence-corrected chi connectivity index (χ4v) is 4.99. The Morgan fingerprint density at radius 3 is 2.68 bits per heavy atom. The van der Waals surface area contributed by atoms with Crippen molar-refractivity contribution >= 4 is 56.4 Å². The Morgan fingerprint density at radius 1 is 1.07 bits per heavy atom. The van der Waals surface area contributed by atoms with Crippen molar-refractivity contribution in [2.24, 2.45) is 0 Å². The van der Waals surface area contributed by atoms with E-state index in [-0.39, 0.29) is 5.56 Å². The highest BCUT2D eigenvalue weighted by atomic mass is 35.5. The van der Waals surface area contributed by atoms with Crippen LogP contribution in [-0.2, 0) is 6.54 Å². The fraction of sp³-hybridized carbons (Fsp3) is 0.0909. The van der Waals surface area contributed by atoms with Crippen LogP contribution in [0.15, 0.2) is 59.4 Å². The molecule has 3 nitrogen and oxygen atoms in total. The van der Waals surface area contributed by atoms with Crippen LogP contribution in [0, 0.1) is 0 Å². The summed E-state index contributed by atoms with van der Waals surface area (Å²) in [6, 6.07) is 17.4. The third kappa shape index (κ3) is 2.98. The number of benzene rings is 2. The maximum Gasteiger partial charge on any atom is 0.262 e. The van der Waals surface area contributed by atoms with E-state index in [1.807, 2.05) is 54.6 Å². The molecule has 0 bridgehead atoms. The highest BCUT2D eigenvalue weighted by Crippen LogP contribution is 2.34. The molecule has 0 aliphatic carbocycles. The average Bonchev–Trinajstić information content (AvgIpc) is 3.30. The zero-order chi connectivity index (χ0) is 19.3. The third-order valence-corrected chi connectivity index (χ3v) is 6.53. The summed E-state index contributed by atoms with van der Waals surface area (Å²) < 4.78 is 1.76. The van der Waals surface area contributed by atoms with Gasteiger partial charge in [0.15, 0.2) is 0 Å². The zero-order valence-corrected chi connectivity index (χ0v) is 17.0. The number of thiophene rings is 1. The monoisotopic (exact) mass is 424 g/mol. The Bertz CT molecular complexity index is 1310. The van der Waals surface area contributed by atoms with Crippen molar-refractivity contribution in [1.82, 2.24) is 9.55 Å². The van der Waals surface area contributed by atoms with E-state index in [2.05, 4.69) is 0 Å². The summed E-state index contributed by atoms with van der Waals surface area (Å²) in [5.41, 5.74) is 3.00. The lowest BCUT2D eigenvalue weighted by Gasteiger charge is -2.04. The second kappa shape index (κ2) is 6.89. The topological polar surface area (TPSA) is 34.9 Å². The number of halogens is 2. The molecule has 0 N–H and O–H groups in total. The predicted molar refractivity (Wildman–Crippen MR) is 118 cm³/mol. The van der Waals surface area contributed by atoms with Gasteiger partial charge in [-0.25, -0.2) is 4.98 Å². The van der Waals surface area contributed by atoms with Gasteiger partial charge in [0.2, 0.25) is 0 Å². The first kappa shape index (κ1) is 17.7. The first-order valence-corrected chi connectivity index (χ1v) is 10.4. The molecule has 2 aromatic carbocycles. The van der Waals surface area contributed by atoms with E-state index in [9.17, 15) is 4.79 Å². The van der Waals surface area contributed by atoms with Crippen LogP contribution in [0.1, 0.15) is 17.8 Å². The van der Waals surface area contributed by atoms with Crippen molar-refractivity contribution in [1.29, 1.82) is 0 Å². The number of hydrogen-bond donors (Lipinski definition) is 0. The molecular formula is C22H14Cl2N2OS. The van der Waals surface area contributed by atoms with E-state index >= 15 is 0 Å². The minimum atomic E-state index is 0.0176. The second-order valence-corrected chi connectivity index (χ2v) is 8.55. The number of hydrogen-bond acceptors (Lipinski definition) is 3. The van der Waals surface area contributed by atoms with E-state index in [0.717, 1.165) is 38.7 Å².